The molecule has 4 unspecified atom stereocenters. The average Bonchev–Trinajstić information content (AvgIpc) is 3.38. The maximum atomic E-state index is 4.94. The topological polar surface area (TPSA) is 53.9 Å². The van der Waals surface area contributed by atoms with Crippen molar-refractivity contribution < 1.29 is 0 Å². The number of aromatic nitrogens is 3. The third-order valence-corrected chi connectivity index (χ3v) is 6.34. The molecule has 4 heteroatoms. The zero-order valence-electron chi connectivity index (χ0n) is 16.0. The number of nitrogens with zero attached hydrogens (tertiary/aromatic N) is 3. The molecule has 0 bridgehead atoms. The summed E-state index contributed by atoms with van der Waals surface area (Å²) in [6.07, 6.45) is 15.1. The molecule has 0 aromatic carbocycles. The van der Waals surface area contributed by atoms with Gasteiger partial charge in [-0.15, -0.1) is 0 Å². The van der Waals surface area contributed by atoms with Gasteiger partial charge in [0.2, 0.25) is 0 Å². The molecular formula is C23H26N4. The SMILES string of the molecule is CC1C=CC(C(C2=Cc3ncccc3C(C3CC3)C2C)c2cnc[nH]2)=NC1. The molecule has 1 aliphatic heterocycles. The monoisotopic (exact) mass is 358 g/mol. The van der Waals surface area contributed by atoms with E-state index in [9.17, 15) is 0 Å². The Morgan fingerprint density at radius 3 is 2.81 bits per heavy atom. The molecule has 4 nitrogen and oxygen atoms in total. The highest BCUT2D eigenvalue weighted by Crippen LogP contribution is 2.53. The number of allylic oxidation sites excluding steroid dienone is 2. The zero-order chi connectivity index (χ0) is 18.4. The fourth-order valence-corrected chi connectivity index (χ4v) is 4.81. The third kappa shape index (κ3) is 2.97. The van der Waals surface area contributed by atoms with Crippen LogP contribution in [0.4, 0.5) is 0 Å². The van der Waals surface area contributed by atoms with Crippen LogP contribution in [0.2, 0.25) is 0 Å². The van der Waals surface area contributed by atoms with Gasteiger partial charge in [0.05, 0.1) is 17.9 Å². The Balaban J connectivity index is 1.63. The Kier molecular flexibility index (Phi) is 4.07. The number of aliphatic imine (C=N–C) groups is 1. The summed E-state index contributed by atoms with van der Waals surface area (Å²) in [5.41, 5.74) is 6.25. The van der Waals surface area contributed by atoms with E-state index in [4.69, 9.17) is 9.98 Å². The summed E-state index contributed by atoms with van der Waals surface area (Å²) in [6, 6.07) is 4.36. The zero-order valence-corrected chi connectivity index (χ0v) is 16.0. The van der Waals surface area contributed by atoms with Crippen LogP contribution in [0.5, 0.6) is 0 Å². The fourth-order valence-electron chi connectivity index (χ4n) is 4.81. The molecule has 5 rings (SSSR count). The first-order chi connectivity index (χ1) is 13.2. The van der Waals surface area contributed by atoms with Crippen molar-refractivity contribution in [2.45, 2.75) is 38.5 Å². The first-order valence-electron chi connectivity index (χ1n) is 10.1. The maximum absolute atomic E-state index is 4.94. The Labute approximate surface area is 160 Å². The van der Waals surface area contributed by atoms with Gasteiger partial charge in [-0.25, -0.2) is 4.98 Å². The van der Waals surface area contributed by atoms with Gasteiger partial charge in [-0.1, -0.05) is 26.0 Å². The summed E-state index contributed by atoms with van der Waals surface area (Å²) in [5.74, 6) is 2.46. The molecule has 0 saturated heterocycles. The summed E-state index contributed by atoms with van der Waals surface area (Å²) in [5, 5.41) is 0. The maximum Gasteiger partial charge on any atom is 0.0922 e. The molecule has 1 fully saturated rings. The Bertz CT molecular complexity index is 918. The Hall–Kier alpha value is -2.49. The van der Waals surface area contributed by atoms with Crippen LogP contribution in [0.25, 0.3) is 6.08 Å². The quantitative estimate of drug-likeness (QED) is 0.856. The smallest absolute Gasteiger partial charge is 0.0922 e. The van der Waals surface area contributed by atoms with Crippen LogP contribution in [-0.4, -0.2) is 27.2 Å². The van der Waals surface area contributed by atoms with E-state index >= 15 is 0 Å². The van der Waals surface area contributed by atoms with Crippen molar-refractivity contribution in [2.24, 2.45) is 22.7 Å². The molecule has 1 saturated carbocycles. The molecule has 1 N–H and O–H groups in total. The minimum atomic E-state index is 0.127. The van der Waals surface area contributed by atoms with Gasteiger partial charge in [-0.3, -0.25) is 9.98 Å². The van der Waals surface area contributed by atoms with Crippen molar-refractivity contribution >= 4 is 11.8 Å². The lowest BCUT2D eigenvalue weighted by Gasteiger charge is -2.36. The van der Waals surface area contributed by atoms with E-state index in [2.05, 4.69) is 54.2 Å². The number of fused-ring (bicyclic) bond motifs is 1. The molecule has 0 spiro atoms. The van der Waals surface area contributed by atoms with Crippen molar-refractivity contribution in [3.8, 4) is 0 Å². The van der Waals surface area contributed by atoms with E-state index in [0.717, 1.165) is 29.6 Å². The summed E-state index contributed by atoms with van der Waals surface area (Å²) < 4.78 is 0. The molecule has 4 atom stereocenters. The number of hydrogen-bond donors (Lipinski definition) is 1. The number of aromatic amines is 1. The molecule has 0 radical (unpaired) electrons. The van der Waals surface area contributed by atoms with Crippen LogP contribution in [0, 0.1) is 17.8 Å². The van der Waals surface area contributed by atoms with Crippen molar-refractivity contribution in [3.63, 3.8) is 0 Å². The van der Waals surface area contributed by atoms with E-state index in [1.807, 2.05) is 12.4 Å². The molecule has 2 aromatic rings. The third-order valence-electron chi connectivity index (χ3n) is 6.34. The number of nitrogens with one attached hydrogen (secondary N) is 1. The molecule has 2 aliphatic carbocycles. The van der Waals surface area contributed by atoms with E-state index < -0.39 is 0 Å². The van der Waals surface area contributed by atoms with E-state index in [1.165, 1.54) is 24.0 Å². The first-order valence-corrected chi connectivity index (χ1v) is 10.1. The lowest BCUT2D eigenvalue weighted by molar-refractivity contribution is 0.452. The van der Waals surface area contributed by atoms with E-state index in [1.54, 1.807) is 6.33 Å². The lowest BCUT2D eigenvalue weighted by Crippen LogP contribution is -2.27. The molecule has 2 aromatic heterocycles. The molecule has 3 aliphatic rings. The number of H-pyrrole nitrogens is 1. The van der Waals surface area contributed by atoms with E-state index in [0.29, 0.717) is 17.8 Å². The van der Waals surface area contributed by atoms with Crippen LogP contribution in [-0.2, 0) is 0 Å². The highest BCUT2D eigenvalue weighted by molar-refractivity contribution is 6.03. The summed E-state index contributed by atoms with van der Waals surface area (Å²) >= 11 is 0. The van der Waals surface area contributed by atoms with Gasteiger partial charge >= 0.3 is 0 Å². The van der Waals surface area contributed by atoms with Gasteiger partial charge in [-0.05, 0) is 65.9 Å². The van der Waals surface area contributed by atoms with Crippen LogP contribution in [0.3, 0.4) is 0 Å². The van der Waals surface area contributed by atoms with Gasteiger partial charge in [-0.2, -0.15) is 0 Å². The first kappa shape index (κ1) is 16.7. The van der Waals surface area contributed by atoms with Gasteiger partial charge < -0.3 is 4.98 Å². The number of rotatable bonds is 4. The highest BCUT2D eigenvalue weighted by atomic mass is 14.9. The van der Waals surface area contributed by atoms with Gasteiger partial charge in [0.1, 0.15) is 0 Å². The van der Waals surface area contributed by atoms with Crippen molar-refractivity contribution in [3.05, 3.63) is 65.5 Å². The normalized spacial score (nSPS) is 28.3. The van der Waals surface area contributed by atoms with Crippen molar-refractivity contribution in [1.29, 1.82) is 0 Å². The minimum Gasteiger partial charge on any atom is -0.348 e. The number of hydrogen-bond acceptors (Lipinski definition) is 3. The summed E-state index contributed by atoms with van der Waals surface area (Å²) in [6.45, 7) is 5.47. The molecule has 3 heterocycles. The second-order valence-electron chi connectivity index (χ2n) is 8.32. The molecular weight excluding hydrogens is 332 g/mol. The predicted molar refractivity (Wildman–Crippen MR) is 109 cm³/mol. The number of pyridine rings is 1. The average molecular weight is 358 g/mol. The fraction of sp³-hybridized carbons (Fsp3) is 0.435. The molecule has 0 amide bonds. The Morgan fingerprint density at radius 1 is 1.22 bits per heavy atom. The van der Waals surface area contributed by atoms with Gasteiger partial charge in [0, 0.05) is 30.3 Å². The van der Waals surface area contributed by atoms with Crippen LogP contribution in [0.1, 0.15) is 55.5 Å². The van der Waals surface area contributed by atoms with Crippen LogP contribution >= 0.6 is 0 Å². The predicted octanol–water partition coefficient (Wildman–Crippen LogP) is 4.76. The lowest BCUT2D eigenvalue weighted by atomic mass is 9.69. The van der Waals surface area contributed by atoms with Crippen molar-refractivity contribution in [1.82, 2.24) is 15.0 Å². The molecule has 138 valence electrons. The summed E-state index contributed by atoms with van der Waals surface area (Å²) in [4.78, 5) is 17.3. The highest BCUT2D eigenvalue weighted by Gasteiger charge is 2.42. The second kappa shape index (κ2) is 6.59. The number of dihydropyridines is 1. The van der Waals surface area contributed by atoms with E-state index in [-0.39, 0.29) is 5.92 Å². The van der Waals surface area contributed by atoms with Gasteiger partial charge in [0.25, 0.3) is 0 Å². The minimum absolute atomic E-state index is 0.127. The van der Waals surface area contributed by atoms with Crippen molar-refractivity contribution in [2.75, 3.05) is 6.54 Å². The van der Waals surface area contributed by atoms with Crippen LogP contribution < -0.4 is 0 Å². The standard InChI is InChI=1S/C23H26N4/c1-14-5-8-19(26-11-14)23(21-12-24-13-27-21)18-10-20-17(4-3-9-25-20)22(15(18)2)16-6-7-16/h3-5,8-10,12-16,22-23H,6-7,11H2,1-2H3,(H,24,27). The Morgan fingerprint density at radius 2 is 2.11 bits per heavy atom. The summed E-state index contributed by atoms with van der Waals surface area (Å²) in [7, 11) is 0. The molecule has 27 heavy (non-hydrogen) atoms. The van der Waals surface area contributed by atoms with Crippen LogP contribution in [0.15, 0.2) is 53.6 Å². The second-order valence-corrected chi connectivity index (χ2v) is 8.32. The largest absolute Gasteiger partial charge is 0.348 e. The number of imidazole rings is 1. The van der Waals surface area contributed by atoms with Gasteiger partial charge in [0.15, 0.2) is 0 Å².